The normalized spacial score (nSPS) is 17.0. The maximum Gasteiger partial charge on any atom is 0.143 e. The minimum Gasteiger partial charge on any atom is -0.508 e. The molecule has 0 radical (unpaired) electrons. The van der Waals surface area contributed by atoms with Crippen molar-refractivity contribution in [3.63, 3.8) is 0 Å². The summed E-state index contributed by atoms with van der Waals surface area (Å²) < 4.78 is 6.15. The SMILES string of the molecule is CCCN1CC(Cc2cccc(C)c2)Oc2ccc(O)cc21. The second kappa shape index (κ2) is 6.30. The number of aromatic hydroxyl groups is 1. The van der Waals surface area contributed by atoms with Crippen LogP contribution in [0.25, 0.3) is 0 Å². The van der Waals surface area contributed by atoms with Crippen molar-refractivity contribution in [3.05, 3.63) is 53.6 Å². The summed E-state index contributed by atoms with van der Waals surface area (Å²) >= 11 is 0. The maximum atomic E-state index is 9.72. The number of ether oxygens (including phenoxy) is 1. The predicted octanol–water partition coefficient (Wildman–Crippen LogP) is 3.92. The summed E-state index contributed by atoms with van der Waals surface area (Å²) in [5, 5.41) is 9.72. The Bertz CT molecular complexity index is 654. The third-order valence-corrected chi connectivity index (χ3v) is 4.04. The van der Waals surface area contributed by atoms with E-state index in [-0.39, 0.29) is 6.10 Å². The molecule has 0 aromatic heterocycles. The van der Waals surface area contributed by atoms with Gasteiger partial charge in [0.25, 0.3) is 0 Å². The van der Waals surface area contributed by atoms with Crippen LogP contribution in [-0.4, -0.2) is 24.3 Å². The highest BCUT2D eigenvalue weighted by atomic mass is 16.5. The van der Waals surface area contributed by atoms with E-state index in [0.717, 1.165) is 37.4 Å². The third kappa shape index (κ3) is 3.19. The topological polar surface area (TPSA) is 32.7 Å². The van der Waals surface area contributed by atoms with Crippen molar-refractivity contribution < 1.29 is 9.84 Å². The van der Waals surface area contributed by atoms with E-state index in [4.69, 9.17) is 4.74 Å². The molecular formula is C19H23NO2. The van der Waals surface area contributed by atoms with Crippen LogP contribution >= 0.6 is 0 Å². The quantitative estimate of drug-likeness (QED) is 0.928. The Morgan fingerprint density at radius 2 is 2.09 bits per heavy atom. The van der Waals surface area contributed by atoms with Gasteiger partial charge in [-0.05, 0) is 31.0 Å². The fraction of sp³-hybridized carbons (Fsp3) is 0.368. The zero-order valence-electron chi connectivity index (χ0n) is 13.2. The average Bonchev–Trinajstić information content (AvgIpc) is 2.48. The Hall–Kier alpha value is -2.16. The van der Waals surface area contributed by atoms with Gasteiger partial charge in [0.1, 0.15) is 17.6 Å². The van der Waals surface area contributed by atoms with Crippen molar-refractivity contribution in [1.29, 1.82) is 0 Å². The molecule has 1 N–H and O–H groups in total. The summed E-state index contributed by atoms with van der Waals surface area (Å²) in [5.74, 6) is 1.16. The first-order valence-corrected chi connectivity index (χ1v) is 7.96. The van der Waals surface area contributed by atoms with Crippen LogP contribution in [0.1, 0.15) is 24.5 Å². The number of benzene rings is 2. The highest BCUT2D eigenvalue weighted by molar-refractivity contribution is 5.63. The molecule has 3 nitrogen and oxygen atoms in total. The number of aryl methyl sites for hydroxylation is 1. The van der Waals surface area contributed by atoms with Gasteiger partial charge in [0.05, 0.1) is 12.2 Å². The first kappa shape index (κ1) is 14.8. The van der Waals surface area contributed by atoms with E-state index in [1.165, 1.54) is 11.1 Å². The summed E-state index contributed by atoms with van der Waals surface area (Å²) in [6, 6.07) is 14.0. The standard InChI is InChI=1S/C19H23NO2/c1-3-9-20-13-17(11-15-6-4-5-14(2)10-15)22-19-8-7-16(21)12-18(19)20/h4-8,10,12,17,21H,3,9,11,13H2,1-2H3. The van der Waals surface area contributed by atoms with Gasteiger partial charge < -0.3 is 14.7 Å². The van der Waals surface area contributed by atoms with Gasteiger partial charge in [0.2, 0.25) is 0 Å². The van der Waals surface area contributed by atoms with Crippen LogP contribution < -0.4 is 9.64 Å². The Morgan fingerprint density at radius 3 is 2.86 bits per heavy atom. The molecule has 2 aromatic rings. The number of fused-ring (bicyclic) bond motifs is 1. The number of nitrogens with zero attached hydrogens (tertiary/aromatic N) is 1. The molecule has 0 saturated carbocycles. The highest BCUT2D eigenvalue weighted by Gasteiger charge is 2.25. The molecular weight excluding hydrogens is 274 g/mol. The molecule has 1 atom stereocenters. The third-order valence-electron chi connectivity index (χ3n) is 4.04. The van der Waals surface area contributed by atoms with Crippen molar-refractivity contribution in [2.75, 3.05) is 18.0 Å². The number of hydrogen-bond donors (Lipinski definition) is 1. The number of rotatable bonds is 4. The first-order chi connectivity index (χ1) is 10.7. The molecule has 116 valence electrons. The van der Waals surface area contributed by atoms with Crippen LogP contribution in [0.5, 0.6) is 11.5 Å². The predicted molar refractivity (Wildman–Crippen MR) is 89.9 cm³/mol. The maximum absolute atomic E-state index is 9.72. The summed E-state index contributed by atoms with van der Waals surface area (Å²) in [4.78, 5) is 2.32. The lowest BCUT2D eigenvalue weighted by Crippen LogP contribution is -2.41. The number of anilines is 1. The molecule has 1 heterocycles. The molecule has 0 fully saturated rings. The van der Waals surface area contributed by atoms with E-state index in [2.05, 4.69) is 43.0 Å². The molecule has 3 rings (SSSR count). The van der Waals surface area contributed by atoms with Gasteiger partial charge in [-0.3, -0.25) is 0 Å². The van der Waals surface area contributed by atoms with E-state index >= 15 is 0 Å². The van der Waals surface area contributed by atoms with Crippen LogP contribution in [0.2, 0.25) is 0 Å². The fourth-order valence-corrected chi connectivity index (χ4v) is 3.10. The van der Waals surface area contributed by atoms with Crippen molar-refractivity contribution in [1.82, 2.24) is 0 Å². The van der Waals surface area contributed by atoms with Crippen LogP contribution in [0.3, 0.4) is 0 Å². The van der Waals surface area contributed by atoms with Gasteiger partial charge in [-0.2, -0.15) is 0 Å². The molecule has 0 bridgehead atoms. The van der Waals surface area contributed by atoms with Crippen molar-refractivity contribution in [2.45, 2.75) is 32.8 Å². The molecule has 0 spiro atoms. The van der Waals surface area contributed by atoms with Crippen LogP contribution in [0, 0.1) is 6.92 Å². The van der Waals surface area contributed by atoms with Crippen molar-refractivity contribution in [3.8, 4) is 11.5 Å². The molecule has 0 saturated heterocycles. The van der Waals surface area contributed by atoms with Gasteiger partial charge in [0, 0.05) is 19.0 Å². The fourth-order valence-electron chi connectivity index (χ4n) is 3.10. The van der Waals surface area contributed by atoms with Gasteiger partial charge in [0.15, 0.2) is 0 Å². The Kier molecular flexibility index (Phi) is 4.23. The molecule has 1 aliphatic heterocycles. The summed E-state index contributed by atoms with van der Waals surface area (Å²) in [6.07, 6.45) is 2.12. The molecule has 0 amide bonds. The zero-order chi connectivity index (χ0) is 15.5. The van der Waals surface area contributed by atoms with Gasteiger partial charge in [-0.15, -0.1) is 0 Å². The van der Waals surface area contributed by atoms with Crippen LogP contribution in [0.15, 0.2) is 42.5 Å². The van der Waals surface area contributed by atoms with E-state index in [1.807, 2.05) is 6.07 Å². The molecule has 3 heteroatoms. The van der Waals surface area contributed by atoms with E-state index in [1.54, 1.807) is 12.1 Å². The zero-order valence-corrected chi connectivity index (χ0v) is 13.2. The average molecular weight is 297 g/mol. The number of phenolic OH excluding ortho intramolecular Hbond substituents is 1. The molecule has 1 aliphatic rings. The smallest absolute Gasteiger partial charge is 0.143 e. The van der Waals surface area contributed by atoms with E-state index in [9.17, 15) is 5.11 Å². The van der Waals surface area contributed by atoms with E-state index in [0.29, 0.717) is 5.75 Å². The van der Waals surface area contributed by atoms with Crippen molar-refractivity contribution in [2.24, 2.45) is 0 Å². The number of hydrogen-bond acceptors (Lipinski definition) is 3. The van der Waals surface area contributed by atoms with Gasteiger partial charge >= 0.3 is 0 Å². The summed E-state index contributed by atoms with van der Waals surface area (Å²) in [6.45, 7) is 6.13. The monoisotopic (exact) mass is 297 g/mol. The number of phenols is 1. The van der Waals surface area contributed by atoms with Crippen LogP contribution in [-0.2, 0) is 6.42 Å². The molecule has 22 heavy (non-hydrogen) atoms. The first-order valence-electron chi connectivity index (χ1n) is 7.96. The lowest BCUT2D eigenvalue weighted by molar-refractivity contribution is 0.193. The Balaban J connectivity index is 1.82. The summed E-state index contributed by atoms with van der Waals surface area (Å²) in [7, 11) is 0. The molecule has 2 aromatic carbocycles. The largest absolute Gasteiger partial charge is 0.508 e. The second-order valence-corrected chi connectivity index (χ2v) is 6.03. The van der Waals surface area contributed by atoms with Gasteiger partial charge in [-0.25, -0.2) is 0 Å². The second-order valence-electron chi connectivity index (χ2n) is 6.03. The lowest BCUT2D eigenvalue weighted by Gasteiger charge is -2.36. The molecule has 1 unspecified atom stereocenters. The van der Waals surface area contributed by atoms with Crippen LogP contribution in [0.4, 0.5) is 5.69 Å². The van der Waals surface area contributed by atoms with E-state index < -0.39 is 0 Å². The van der Waals surface area contributed by atoms with Gasteiger partial charge in [-0.1, -0.05) is 36.8 Å². The lowest BCUT2D eigenvalue weighted by atomic mass is 10.0. The highest BCUT2D eigenvalue weighted by Crippen LogP contribution is 2.36. The van der Waals surface area contributed by atoms with Crippen molar-refractivity contribution >= 4 is 5.69 Å². The minimum atomic E-state index is 0.144. The Morgan fingerprint density at radius 1 is 1.23 bits per heavy atom. The molecule has 0 aliphatic carbocycles. The Labute approximate surface area is 132 Å². The minimum absolute atomic E-state index is 0.144. The summed E-state index contributed by atoms with van der Waals surface area (Å²) in [5.41, 5.74) is 3.59.